The number of hydrogen-bond acceptors (Lipinski definition) is 5. The number of nitrogens with zero attached hydrogens (tertiary/aromatic N) is 1. The smallest absolute Gasteiger partial charge is 0.323 e. The highest BCUT2D eigenvalue weighted by Gasteiger charge is 2.19. The average Bonchev–Trinajstić information content (AvgIpc) is 2.66. The summed E-state index contributed by atoms with van der Waals surface area (Å²) in [5.74, 6) is -1.07. The van der Waals surface area contributed by atoms with Crippen molar-refractivity contribution < 1.29 is 33.3 Å². The van der Waals surface area contributed by atoms with Gasteiger partial charge >= 0.3 is 5.97 Å². The number of carbonyl (C=O) groups excluding carboxylic acids is 1. The molecule has 0 saturated carbocycles. The highest BCUT2D eigenvalue weighted by molar-refractivity contribution is 5.83. The van der Waals surface area contributed by atoms with Crippen LogP contribution >= 0.6 is 0 Å². The number of benzene rings is 2. The summed E-state index contributed by atoms with van der Waals surface area (Å²) in [6, 6.07) is 9.24. The molecule has 0 unspecified atom stereocenters. The van der Waals surface area contributed by atoms with Crippen LogP contribution in [0.3, 0.4) is 0 Å². The number of halogens is 1. The van der Waals surface area contributed by atoms with Crippen molar-refractivity contribution in [3.05, 3.63) is 53.3 Å². The van der Waals surface area contributed by atoms with Crippen LogP contribution in [0.2, 0.25) is 0 Å². The Balaban J connectivity index is 2.22. The molecule has 0 atom stereocenters. The first-order valence-corrected chi connectivity index (χ1v) is 8.40. The van der Waals surface area contributed by atoms with Crippen LogP contribution in [0, 0.1) is 5.82 Å². The summed E-state index contributed by atoms with van der Waals surface area (Å²) in [5.41, 5.74) is 1.06. The van der Waals surface area contributed by atoms with Gasteiger partial charge in [-0.05, 0) is 35.4 Å². The maximum atomic E-state index is 13.9. The first-order chi connectivity index (χ1) is 13.4. The molecule has 28 heavy (non-hydrogen) atoms. The molecule has 2 rings (SSSR count). The van der Waals surface area contributed by atoms with E-state index in [0.29, 0.717) is 22.6 Å². The molecule has 0 radical (unpaired) electrons. The number of carbonyl (C=O) groups is 2. The highest BCUT2D eigenvalue weighted by atomic mass is 19.1. The second-order valence-corrected chi connectivity index (χ2v) is 6.01. The molecule has 0 aliphatic heterocycles. The zero-order valence-electron chi connectivity index (χ0n) is 15.9. The molecule has 0 aliphatic rings. The molecule has 150 valence electrons. The molecule has 0 aliphatic carbocycles. The zero-order chi connectivity index (χ0) is 20.7. The monoisotopic (exact) mass is 391 g/mol. The van der Waals surface area contributed by atoms with E-state index in [9.17, 15) is 19.1 Å². The first kappa shape index (κ1) is 21.0. The molecule has 0 aromatic heterocycles. The molecule has 1 N–H and O–H groups in total. The van der Waals surface area contributed by atoms with Gasteiger partial charge in [-0.1, -0.05) is 6.07 Å². The van der Waals surface area contributed by atoms with Crippen molar-refractivity contribution in [1.29, 1.82) is 0 Å². The fourth-order valence-electron chi connectivity index (χ4n) is 2.68. The molecule has 0 saturated heterocycles. The van der Waals surface area contributed by atoms with Gasteiger partial charge in [0.05, 0.1) is 27.8 Å². The molecular weight excluding hydrogens is 369 g/mol. The van der Waals surface area contributed by atoms with E-state index in [1.165, 1.54) is 38.4 Å². The first-order valence-electron chi connectivity index (χ1n) is 8.40. The minimum absolute atomic E-state index is 0.0390. The third-order valence-corrected chi connectivity index (χ3v) is 4.04. The lowest BCUT2D eigenvalue weighted by Gasteiger charge is -2.22. The Hall–Kier alpha value is -3.29. The number of ether oxygens (including phenoxy) is 3. The topological polar surface area (TPSA) is 85.3 Å². The van der Waals surface area contributed by atoms with Crippen molar-refractivity contribution >= 4 is 11.9 Å². The minimum atomic E-state index is -1.15. The summed E-state index contributed by atoms with van der Waals surface area (Å²) in [5, 5.41) is 9.17. The van der Waals surface area contributed by atoms with Crippen LogP contribution in [-0.2, 0) is 22.6 Å². The molecule has 2 aromatic rings. The largest absolute Gasteiger partial charge is 0.497 e. The van der Waals surface area contributed by atoms with Crippen molar-refractivity contribution in [1.82, 2.24) is 4.90 Å². The van der Waals surface area contributed by atoms with Crippen LogP contribution in [0.1, 0.15) is 11.1 Å². The number of carboxylic acid groups (broad SMARTS) is 1. The van der Waals surface area contributed by atoms with E-state index in [1.807, 2.05) is 0 Å². The van der Waals surface area contributed by atoms with E-state index < -0.39 is 24.2 Å². The van der Waals surface area contributed by atoms with Gasteiger partial charge < -0.3 is 24.2 Å². The maximum absolute atomic E-state index is 13.9. The molecule has 7 nitrogen and oxygen atoms in total. The Kier molecular flexibility index (Phi) is 7.20. The van der Waals surface area contributed by atoms with Gasteiger partial charge in [-0.2, -0.15) is 0 Å². The van der Waals surface area contributed by atoms with Crippen molar-refractivity contribution in [2.75, 3.05) is 27.9 Å². The molecule has 0 spiro atoms. The summed E-state index contributed by atoms with van der Waals surface area (Å²) >= 11 is 0. The minimum Gasteiger partial charge on any atom is -0.497 e. The number of carboxylic acids is 1. The lowest BCUT2D eigenvalue weighted by atomic mass is 10.1. The summed E-state index contributed by atoms with van der Waals surface area (Å²) in [4.78, 5) is 25.1. The number of aliphatic carboxylic acids is 1. The third-order valence-electron chi connectivity index (χ3n) is 4.04. The van der Waals surface area contributed by atoms with Crippen LogP contribution in [0.15, 0.2) is 36.4 Å². The van der Waals surface area contributed by atoms with Gasteiger partial charge in [0, 0.05) is 12.6 Å². The van der Waals surface area contributed by atoms with Crippen LogP contribution in [0.25, 0.3) is 0 Å². The van der Waals surface area contributed by atoms with Gasteiger partial charge in [0.1, 0.15) is 18.0 Å². The Labute approximate surface area is 162 Å². The van der Waals surface area contributed by atoms with Gasteiger partial charge in [-0.25, -0.2) is 4.39 Å². The highest BCUT2D eigenvalue weighted by Crippen LogP contribution is 2.24. The molecule has 8 heteroatoms. The Morgan fingerprint density at radius 1 is 0.964 bits per heavy atom. The second kappa shape index (κ2) is 9.59. The van der Waals surface area contributed by atoms with Crippen molar-refractivity contribution in [2.24, 2.45) is 0 Å². The molecular formula is C20H22FNO6. The number of hydrogen-bond donors (Lipinski definition) is 1. The van der Waals surface area contributed by atoms with E-state index in [2.05, 4.69) is 0 Å². The lowest BCUT2D eigenvalue weighted by molar-refractivity contribution is -0.144. The van der Waals surface area contributed by atoms with Crippen molar-refractivity contribution in [3.8, 4) is 17.2 Å². The predicted octanol–water partition coefficient (Wildman–Crippen LogP) is 2.51. The normalized spacial score (nSPS) is 10.3. The Morgan fingerprint density at radius 2 is 1.61 bits per heavy atom. The summed E-state index contributed by atoms with van der Waals surface area (Å²) in [7, 11) is 4.34. The van der Waals surface area contributed by atoms with E-state index in [0.717, 1.165) is 0 Å². The SMILES string of the molecule is COc1cc(CN(CC(=O)O)C(=O)Cc2ccc(OC)c(F)c2)cc(OC)c1. The second-order valence-electron chi connectivity index (χ2n) is 6.01. The van der Waals surface area contributed by atoms with Crippen LogP contribution in [-0.4, -0.2) is 49.8 Å². The van der Waals surface area contributed by atoms with Gasteiger partial charge in [0.2, 0.25) is 5.91 Å². The molecule has 0 heterocycles. The van der Waals surface area contributed by atoms with Gasteiger partial charge in [0.25, 0.3) is 0 Å². The Morgan fingerprint density at radius 3 is 2.11 bits per heavy atom. The van der Waals surface area contributed by atoms with E-state index >= 15 is 0 Å². The lowest BCUT2D eigenvalue weighted by Crippen LogP contribution is -2.36. The van der Waals surface area contributed by atoms with Crippen LogP contribution in [0.4, 0.5) is 4.39 Å². The molecule has 2 aromatic carbocycles. The maximum Gasteiger partial charge on any atom is 0.323 e. The number of rotatable bonds is 9. The standard InChI is InChI=1S/C20H22FNO6/c1-26-15-6-14(7-16(10-15)27-2)11-22(12-20(24)25)19(23)9-13-4-5-18(28-3)17(21)8-13/h4-8,10H,9,11-12H2,1-3H3,(H,24,25). The van der Waals surface area contributed by atoms with Crippen molar-refractivity contribution in [2.45, 2.75) is 13.0 Å². The van der Waals surface area contributed by atoms with E-state index in [-0.39, 0.29) is 18.7 Å². The van der Waals surface area contributed by atoms with Crippen LogP contribution in [0.5, 0.6) is 17.2 Å². The zero-order valence-corrected chi connectivity index (χ0v) is 15.9. The van der Waals surface area contributed by atoms with Gasteiger partial charge in [0.15, 0.2) is 11.6 Å². The molecule has 0 fully saturated rings. The van der Waals surface area contributed by atoms with Gasteiger partial charge in [-0.15, -0.1) is 0 Å². The third kappa shape index (κ3) is 5.60. The summed E-state index contributed by atoms with van der Waals surface area (Å²) in [6.07, 6.45) is -0.144. The summed E-state index contributed by atoms with van der Waals surface area (Å²) < 4.78 is 29.1. The quantitative estimate of drug-likeness (QED) is 0.707. The van der Waals surface area contributed by atoms with E-state index in [1.54, 1.807) is 24.3 Å². The summed E-state index contributed by atoms with van der Waals surface area (Å²) in [6.45, 7) is -0.450. The average molecular weight is 391 g/mol. The fraction of sp³-hybridized carbons (Fsp3) is 0.300. The van der Waals surface area contributed by atoms with Crippen molar-refractivity contribution in [3.63, 3.8) is 0 Å². The fourth-order valence-corrected chi connectivity index (χ4v) is 2.68. The van der Waals surface area contributed by atoms with E-state index in [4.69, 9.17) is 14.2 Å². The molecule has 0 bridgehead atoms. The van der Waals surface area contributed by atoms with Crippen LogP contribution < -0.4 is 14.2 Å². The van der Waals surface area contributed by atoms with Gasteiger partial charge in [-0.3, -0.25) is 9.59 Å². The Bertz CT molecular complexity index is 832. The number of amides is 1. The predicted molar refractivity (Wildman–Crippen MR) is 99.3 cm³/mol. The molecule has 1 amide bonds. The number of methoxy groups -OCH3 is 3.